The fourth-order valence-corrected chi connectivity index (χ4v) is 10.1. The van der Waals surface area contributed by atoms with Crippen molar-refractivity contribution in [3.8, 4) is 5.75 Å². The minimum absolute atomic E-state index is 0.115. The van der Waals surface area contributed by atoms with Crippen LogP contribution in [0.4, 0.5) is 0 Å². The molecule has 0 bridgehead atoms. The monoisotopic (exact) mass is 921 g/mol. The number of aliphatic carboxylic acids is 1. The molecule has 368 valence electrons. The molecule has 0 aliphatic heterocycles. The van der Waals surface area contributed by atoms with Crippen LogP contribution in [-0.4, -0.2) is 17.0 Å². The maximum absolute atomic E-state index is 12.4. The van der Waals surface area contributed by atoms with Gasteiger partial charge in [0.1, 0.15) is 5.75 Å². The van der Waals surface area contributed by atoms with Crippen molar-refractivity contribution in [3.05, 3.63) is 115 Å². The number of fused-ring (bicyclic) bond motifs is 4. The van der Waals surface area contributed by atoms with Crippen molar-refractivity contribution >= 4 is 55.0 Å². The summed E-state index contributed by atoms with van der Waals surface area (Å²) >= 11 is 0. The Balaban J connectivity index is 0.000000254. The Labute approximate surface area is 412 Å². The van der Waals surface area contributed by atoms with E-state index in [-0.39, 0.29) is 5.97 Å². The summed E-state index contributed by atoms with van der Waals surface area (Å²) in [5.41, 5.74) is 0.963. The zero-order chi connectivity index (χ0) is 47.9. The first kappa shape index (κ1) is 54.2. The number of benzene rings is 6. The number of carboxylic acid groups (broad SMARTS) is 1. The van der Waals surface area contributed by atoms with Gasteiger partial charge in [0.15, 0.2) is 0 Å². The zero-order valence-corrected chi connectivity index (χ0v) is 42.6. The van der Waals surface area contributed by atoms with E-state index in [0.29, 0.717) is 12.2 Å². The number of hydrogen-bond donors (Lipinski definition) is 1. The molecular formula is C64H88O4. The lowest BCUT2D eigenvalue weighted by atomic mass is 9.88. The molecule has 0 radical (unpaired) electrons. The van der Waals surface area contributed by atoms with E-state index < -0.39 is 11.9 Å². The van der Waals surface area contributed by atoms with Gasteiger partial charge in [-0.2, -0.15) is 0 Å². The van der Waals surface area contributed by atoms with Crippen LogP contribution in [0.15, 0.2) is 109 Å². The van der Waals surface area contributed by atoms with Gasteiger partial charge >= 0.3 is 11.9 Å². The molecule has 1 atom stereocenters. The lowest BCUT2D eigenvalue weighted by molar-refractivity contribution is -0.139. The number of rotatable bonds is 34. The normalized spacial score (nSPS) is 11.9. The second-order valence-electron chi connectivity index (χ2n) is 19.9. The molecule has 0 aliphatic carbocycles. The Morgan fingerprint density at radius 1 is 0.397 bits per heavy atom. The second-order valence-corrected chi connectivity index (χ2v) is 19.9. The third-order valence-electron chi connectivity index (χ3n) is 14.2. The average molecular weight is 921 g/mol. The molecule has 4 nitrogen and oxygen atoms in total. The molecule has 1 N–H and O–H groups in total. The van der Waals surface area contributed by atoms with E-state index in [1.165, 1.54) is 182 Å². The van der Waals surface area contributed by atoms with E-state index in [1.807, 2.05) is 42.5 Å². The van der Waals surface area contributed by atoms with Gasteiger partial charge in [0.2, 0.25) is 0 Å². The Kier molecular flexibility index (Phi) is 26.3. The van der Waals surface area contributed by atoms with Crippen molar-refractivity contribution in [2.75, 3.05) is 0 Å². The molecule has 0 spiro atoms. The number of hydrogen-bond acceptors (Lipinski definition) is 3. The van der Waals surface area contributed by atoms with Gasteiger partial charge in [0, 0.05) is 11.8 Å². The highest BCUT2D eigenvalue weighted by atomic mass is 16.5. The summed E-state index contributed by atoms with van der Waals surface area (Å²) in [7, 11) is 0. The zero-order valence-electron chi connectivity index (χ0n) is 42.6. The van der Waals surface area contributed by atoms with Crippen LogP contribution in [0.5, 0.6) is 5.75 Å². The third kappa shape index (κ3) is 19.7. The van der Waals surface area contributed by atoms with Gasteiger partial charge in [-0.3, -0.25) is 9.59 Å². The van der Waals surface area contributed by atoms with Crippen LogP contribution in [0.3, 0.4) is 0 Å². The van der Waals surface area contributed by atoms with Gasteiger partial charge in [-0.1, -0.05) is 272 Å². The average Bonchev–Trinajstić information content (AvgIpc) is 3.35. The van der Waals surface area contributed by atoms with Crippen molar-refractivity contribution in [1.82, 2.24) is 0 Å². The van der Waals surface area contributed by atoms with E-state index >= 15 is 0 Å². The first-order valence-electron chi connectivity index (χ1n) is 27.7. The highest BCUT2D eigenvalue weighted by Crippen LogP contribution is 2.33. The molecule has 0 saturated heterocycles. The number of carbonyl (C=O) groups is 2. The Morgan fingerprint density at radius 3 is 1.19 bits per heavy atom. The number of unbranched alkanes of at least 4 members (excludes halogenated alkanes) is 27. The number of esters is 1. The molecule has 0 heterocycles. The first-order valence-corrected chi connectivity index (χ1v) is 27.7. The van der Waals surface area contributed by atoms with Crippen molar-refractivity contribution in [3.63, 3.8) is 0 Å². The molecule has 1 unspecified atom stereocenters. The smallest absolute Gasteiger partial charge is 0.311 e. The number of carbonyl (C=O) groups excluding carboxylic acids is 1. The van der Waals surface area contributed by atoms with E-state index in [0.717, 1.165) is 59.2 Å². The quantitative estimate of drug-likeness (QED) is 0.0190. The predicted octanol–water partition coefficient (Wildman–Crippen LogP) is 20.2. The topological polar surface area (TPSA) is 63.6 Å². The summed E-state index contributed by atoms with van der Waals surface area (Å²) in [5, 5.41) is 19.1. The van der Waals surface area contributed by atoms with Crippen molar-refractivity contribution < 1.29 is 19.4 Å². The van der Waals surface area contributed by atoms with Crippen LogP contribution in [0.25, 0.3) is 43.1 Å². The van der Waals surface area contributed by atoms with E-state index in [1.54, 1.807) is 0 Å². The minimum atomic E-state index is -0.699. The Morgan fingerprint density at radius 2 is 0.750 bits per heavy atom. The van der Waals surface area contributed by atoms with Crippen LogP contribution < -0.4 is 4.74 Å². The molecule has 0 aromatic heterocycles. The van der Waals surface area contributed by atoms with Gasteiger partial charge in [-0.25, -0.2) is 0 Å². The fraction of sp³-hybridized carbons (Fsp3) is 0.531. The van der Waals surface area contributed by atoms with Gasteiger partial charge in [-0.05, 0) is 86.4 Å². The molecule has 6 rings (SSSR count). The van der Waals surface area contributed by atoms with Crippen LogP contribution in [0.2, 0.25) is 0 Å². The first-order chi connectivity index (χ1) is 33.5. The summed E-state index contributed by atoms with van der Waals surface area (Å²) in [6, 6.07) is 37.3. The maximum atomic E-state index is 12.4. The SMILES string of the molecule is CCCCCCCCCCCCCCCCC(C(=O)O)c1cccc2cc3ccccc3cc12.CCCCCCCCCCCCCCCCCC(=O)Oc1cccc2cc3ccccc3cc12. The fourth-order valence-electron chi connectivity index (χ4n) is 10.1. The van der Waals surface area contributed by atoms with Gasteiger partial charge < -0.3 is 9.84 Å². The summed E-state index contributed by atoms with van der Waals surface area (Å²) < 4.78 is 5.76. The predicted molar refractivity (Wildman–Crippen MR) is 293 cm³/mol. The van der Waals surface area contributed by atoms with Crippen molar-refractivity contribution in [2.45, 2.75) is 219 Å². The van der Waals surface area contributed by atoms with Crippen molar-refractivity contribution in [1.29, 1.82) is 0 Å². The summed E-state index contributed by atoms with van der Waals surface area (Å²) in [6.07, 6.45) is 39.6. The molecule has 68 heavy (non-hydrogen) atoms. The molecule has 0 amide bonds. The lowest BCUT2D eigenvalue weighted by Crippen LogP contribution is -2.12. The molecular weight excluding hydrogens is 833 g/mol. The van der Waals surface area contributed by atoms with Crippen molar-refractivity contribution in [2.24, 2.45) is 0 Å². The maximum Gasteiger partial charge on any atom is 0.311 e. The largest absolute Gasteiger partial charge is 0.481 e. The van der Waals surface area contributed by atoms with Crippen LogP contribution in [0.1, 0.15) is 224 Å². The molecule has 6 aromatic rings. The third-order valence-corrected chi connectivity index (χ3v) is 14.2. The second kappa shape index (κ2) is 32.9. The Hall–Kier alpha value is -4.70. The molecule has 4 heteroatoms. The number of carboxylic acids is 1. The van der Waals surface area contributed by atoms with Gasteiger partial charge in [0.25, 0.3) is 0 Å². The Bertz CT molecular complexity index is 2320. The summed E-state index contributed by atoms with van der Waals surface area (Å²) in [4.78, 5) is 24.6. The lowest BCUT2D eigenvalue weighted by Gasteiger charge is -2.16. The molecule has 0 saturated carbocycles. The molecule has 0 fully saturated rings. The number of ether oxygens (including phenoxy) is 1. The van der Waals surface area contributed by atoms with Crippen LogP contribution in [-0.2, 0) is 9.59 Å². The molecule has 6 aromatic carbocycles. The summed E-state index contributed by atoms with van der Waals surface area (Å²) in [5.74, 6) is -0.567. The van der Waals surface area contributed by atoms with E-state index in [4.69, 9.17) is 4.74 Å². The summed E-state index contributed by atoms with van der Waals surface area (Å²) in [6.45, 7) is 4.56. The van der Waals surface area contributed by atoms with E-state index in [9.17, 15) is 14.7 Å². The van der Waals surface area contributed by atoms with Gasteiger partial charge in [-0.15, -0.1) is 0 Å². The van der Waals surface area contributed by atoms with Crippen LogP contribution in [0, 0.1) is 0 Å². The minimum Gasteiger partial charge on any atom is -0.481 e. The highest BCUT2D eigenvalue weighted by molar-refractivity contribution is 6.02. The highest BCUT2D eigenvalue weighted by Gasteiger charge is 2.22. The molecule has 0 aliphatic rings. The van der Waals surface area contributed by atoms with E-state index in [2.05, 4.69) is 80.6 Å². The van der Waals surface area contributed by atoms with Crippen LogP contribution >= 0.6 is 0 Å². The standard InChI is InChI=1S/2C32H44O2/c1-2-3-4-5-6-7-8-9-10-11-12-13-14-15-22-30(32(33)34)29-23-18-21-28-24-26-19-16-17-20-27(26)25-31(28)29;1-2-3-4-5-6-7-8-9-10-11-12-13-14-15-16-24-32(33)34-31-23-19-22-29-25-27-20-17-18-21-28(27)26-30(29)31/h16-21,23-25,30H,2-15,22H2,1H3,(H,33,34);17-23,25-26H,2-16,24H2,1H3. The van der Waals surface area contributed by atoms with Gasteiger partial charge in [0.05, 0.1) is 5.92 Å².